The first-order valence-electron chi connectivity index (χ1n) is 4.60. The summed E-state index contributed by atoms with van der Waals surface area (Å²) in [6.07, 6.45) is 1.80. The van der Waals surface area contributed by atoms with Gasteiger partial charge in [-0.05, 0) is 20.3 Å². The van der Waals surface area contributed by atoms with Crippen molar-refractivity contribution in [3.8, 4) is 0 Å². The standard InChI is InChI=1S/C9H16N2O2/c1-4-5-9(2,3)11-7(12)6-10-8(11)13/h4-6H2,1-3H3,(H,10,13). The van der Waals surface area contributed by atoms with Crippen molar-refractivity contribution in [3.05, 3.63) is 0 Å². The van der Waals surface area contributed by atoms with Gasteiger partial charge in [0.15, 0.2) is 0 Å². The monoisotopic (exact) mass is 184 g/mol. The van der Waals surface area contributed by atoms with Gasteiger partial charge >= 0.3 is 6.03 Å². The van der Waals surface area contributed by atoms with E-state index in [4.69, 9.17) is 0 Å². The minimum absolute atomic E-state index is 0.122. The Hall–Kier alpha value is -1.06. The molecule has 1 N–H and O–H groups in total. The van der Waals surface area contributed by atoms with Crippen molar-refractivity contribution in [2.24, 2.45) is 0 Å². The molecular formula is C9H16N2O2. The molecule has 4 heteroatoms. The Labute approximate surface area is 78.3 Å². The summed E-state index contributed by atoms with van der Waals surface area (Å²) in [4.78, 5) is 24.0. The number of amides is 3. The van der Waals surface area contributed by atoms with E-state index >= 15 is 0 Å². The number of hydrogen-bond acceptors (Lipinski definition) is 2. The van der Waals surface area contributed by atoms with E-state index < -0.39 is 0 Å². The van der Waals surface area contributed by atoms with Crippen molar-refractivity contribution in [1.29, 1.82) is 0 Å². The first-order valence-corrected chi connectivity index (χ1v) is 4.60. The molecule has 0 bridgehead atoms. The van der Waals surface area contributed by atoms with Crippen LogP contribution in [0.25, 0.3) is 0 Å². The Morgan fingerprint density at radius 2 is 2.08 bits per heavy atom. The highest BCUT2D eigenvalue weighted by Gasteiger charge is 2.39. The molecule has 1 heterocycles. The number of urea groups is 1. The van der Waals surface area contributed by atoms with Gasteiger partial charge in [0.25, 0.3) is 5.91 Å². The predicted molar refractivity (Wildman–Crippen MR) is 49.2 cm³/mol. The van der Waals surface area contributed by atoms with Crippen molar-refractivity contribution in [2.75, 3.05) is 6.54 Å². The molecule has 0 aromatic rings. The highest BCUT2D eigenvalue weighted by atomic mass is 16.2. The van der Waals surface area contributed by atoms with Gasteiger partial charge < -0.3 is 5.32 Å². The molecule has 0 saturated carbocycles. The molecule has 1 aliphatic rings. The normalized spacial score (nSPS) is 17.9. The largest absolute Gasteiger partial charge is 0.329 e. The van der Waals surface area contributed by atoms with Crippen LogP contribution < -0.4 is 5.32 Å². The number of hydrogen-bond donors (Lipinski definition) is 1. The second kappa shape index (κ2) is 3.36. The van der Waals surface area contributed by atoms with Crippen molar-refractivity contribution in [2.45, 2.75) is 39.2 Å². The molecule has 74 valence electrons. The molecule has 0 aromatic carbocycles. The first-order chi connectivity index (χ1) is 5.99. The van der Waals surface area contributed by atoms with Crippen LogP contribution in [0.5, 0.6) is 0 Å². The van der Waals surface area contributed by atoms with Gasteiger partial charge in [-0.15, -0.1) is 0 Å². The summed E-state index contributed by atoms with van der Waals surface area (Å²) in [7, 11) is 0. The average Bonchev–Trinajstić information content (AvgIpc) is 2.31. The maximum absolute atomic E-state index is 11.3. The minimum atomic E-state index is -0.355. The lowest BCUT2D eigenvalue weighted by molar-refractivity contribution is -0.128. The highest BCUT2D eigenvalue weighted by molar-refractivity contribution is 6.02. The van der Waals surface area contributed by atoms with Crippen LogP contribution in [-0.2, 0) is 4.79 Å². The van der Waals surface area contributed by atoms with Crippen molar-refractivity contribution < 1.29 is 9.59 Å². The van der Waals surface area contributed by atoms with Gasteiger partial charge in [0.05, 0.1) is 6.54 Å². The summed E-state index contributed by atoms with van der Waals surface area (Å²) < 4.78 is 0. The third kappa shape index (κ3) is 1.82. The van der Waals surface area contributed by atoms with Crippen LogP contribution in [-0.4, -0.2) is 28.9 Å². The van der Waals surface area contributed by atoms with Crippen LogP contribution in [0, 0.1) is 0 Å². The Morgan fingerprint density at radius 1 is 1.46 bits per heavy atom. The Bertz CT molecular complexity index is 220. The van der Waals surface area contributed by atoms with E-state index in [1.165, 1.54) is 4.90 Å². The summed E-state index contributed by atoms with van der Waals surface area (Å²) in [6.45, 7) is 6.02. The lowest BCUT2D eigenvalue weighted by Crippen LogP contribution is -2.47. The predicted octanol–water partition coefficient (Wildman–Crippen LogP) is 1.12. The topological polar surface area (TPSA) is 49.4 Å². The van der Waals surface area contributed by atoms with E-state index in [0.717, 1.165) is 12.8 Å². The van der Waals surface area contributed by atoms with Crippen LogP contribution in [0.3, 0.4) is 0 Å². The molecule has 0 radical (unpaired) electrons. The van der Waals surface area contributed by atoms with Crippen LogP contribution in [0.15, 0.2) is 0 Å². The summed E-state index contributed by atoms with van der Waals surface area (Å²) in [5, 5.41) is 2.52. The molecule has 1 rings (SSSR count). The molecule has 0 aliphatic carbocycles. The number of imide groups is 1. The number of carbonyl (C=O) groups excluding carboxylic acids is 2. The Kier molecular flexibility index (Phi) is 2.59. The molecule has 0 spiro atoms. The van der Waals surface area contributed by atoms with E-state index in [1.54, 1.807) is 0 Å². The van der Waals surface area contributed by atoms with E-state index in [-0.39, 0.29) is 24.0 Å². The fourth-order valence-corrected chi connectivity index (χ4v) is 1.76. The molecule has 3 amide bonds. The lowest BCUT2D eigenvalue weighted by Gasteiger charge is -2.32. The van der Waals surface area contributed by atoms with E-state index in [2.05, 4.69) is 5.32 Å². The van der Waals surface area contributed by atoms with Crippen molar-refractivity contribution in [1.82, 2.24) is 10.2 Å². The second-order valence-electron chi connectivity index (χ2n) is 3.95. The van der Waals surface area contributed by atoms with Crippen LogP contribution in [0.4, 0.5) is 4.79 Å². The molecule has 0 aromatic heterocycles. The number of carbonyl (C=O) groups is 2. The third-order valence-corrected chi connectivity index (χ3v) is 2.31. The first kappa shape index (κ1) is 10.0. The van der Waals surface area contributed by atoms with E-state index in [1.807, 2.05) is 20.8 Å². The number of nitrogens with one attached hydrogen (secondary N) is 1. The maximum atomic E-state index is 11.3. The van der Waals surface area contributed by atoms with Crippen molar-refractivity contribution >= 4 is 11.9 Å². The smallest absolute Gasteiger partial charge is 0.325 e. The number of rotatable bonds is 3. The van der Waals surface area contributed by atoms with Gasteiger partial charge in [-0.25, -0.2) is 4.79 Å². The molecule has 1 aliphatic heterocycles. The number of nitrogens with zero attached hydrogens (tertiary/aromatic N) is 1. The molecule has 1 saturated heterocycles. The average molecular weight is 184 g/mol. The van der Waals surface area contributed by atoms with Gasteiger partial charge in [-0.2, -0.15) is 0 Å². The zero-order valence-electron chi connectivity index (χ0n) is 8.39. The molecule has 13 heavy (non-hydrogen) atoms. The van der Waals surface area contributed by atoms with Gasteiger partial charge in [-0.1, -0.05) is 13.3 Å². The van der Waals surface area contributed by atoms with E-state index in [9.17, 15) is 9.59 Å². The molecule has 0 atom stereocenters. The summed E-state index contributed by atoms with van der Waals surface area (Å²) in [5.74, 6) is -0.122. The molecule has 1 fully saturated rings. The van der Waals surface area contributed by atoms with Gasteiger partial charge in [0, 0.05) is 5.54 Å². The quantitative estimate of drug-likeness (QED) is 0.668. The molecule has 4 nitrogen and oxygen atoms in total. The SMILES string of the molecule is CCCC(C)(C)N1C(=O)CNC1=O. The lowest BCUT2D eigenvalue weighted by atomic mass is 9.97. The van der Waals surface area contributed by atoms with Gasteiger partial charge in [0.1, 0.15) is 0 Å². The zero-order valence-corrected chi connectivity index (χ0v) is 8.39. The highest BCUT2D eigenvalue weighted by Crippen LogP contribution is 2.22. The Balaban J connectivity index is 2.79. The summed E-state index contributed by atoms with van der Waals surface area (Å²) in [6, 6.07) is -0.261. The summed E-state index contributed by atoms with van der Waals surface area (Å²) in [5.41, 5.74) is -0.355. The van der Waals surface area contributed by atoms with Crippen LogP contribution in [0.2, 0.25) is 0 Å². The van der Waals surface area contributed by atoms with Crippen LogP contribution in [0.1, 0.15) is 33.6 Å². The van der Waals surface area contributed by atoms with Gasteiger partial charge in [0.2, 0.25) is 0 Å². The van der Waals surface area contributed by atoms with Crippen LogP contribution >= 0.6 is 0 Å². The van der Waals surface area contributed by atoms with Crippen molar-refractivity contribution in [3.63, 3.8) is 0 Å². The fraction of sp³-hybridized carbons (Fsp3) is 0.778. The maximum Gasteiger partial charge on any atom is 0.325 e. The summed E-state index contributed by atoms with van der Waals surface area (Å²) >= 11 is 0. The third-order valence-electron chi connectivity index (χ3n) is 2.31. The minimum Gasteiger partial charge on any atom is -0.329 e. The van der Waals surface area contributed by atoms with E-state index in [0.29, 0.717) is 0 Å². The van der Waals surface area contributed by atoms with Gasteiger partial charge in [-0.3, -0.25) is 9.69 Å². The zero-order chi connectivity index (χ0) is 10.1. The Morgan fingerprint density at radius 3 is 2.46 bits per heavy atom. The fourth-order valence-electron chi connectivity index (χ4n) is 1.76. The second-order valence-corrected chi connectivity index (χ2v) is 3.95. The molecular weight excluding hydrogens is 168 g/mol. The molecule has 0 unspecified atom stereocenters.